The number of aliphatic carboxylic acids is 1. The molecule has 0 aliphatic heterocycles. The molecular formula is C15H19NO4. The zero-order valence-electron chi connectivity index (χ0n) is 11.3. The summed E-state index contributed by atoms with van der Waals surface area (Å²) in [6.45, 7) is 0.0716. The lowest BCUT2D eigenvalue weighted by Gasteiger charge is -2.15. The molecule has 1 atom stereocenters. The Morgan fingerprint density at radius 2 is 2.00 bits per heavy atom. The lowest BCUT2D eigenvalue weighted by atomic mass is 9.98. The molecule has 0 aromatic heterocycles. The molecule has 2 rings (SSSR count). The fraction of sp³-hybridized carbons (Fsp3) is 0.467. The lowest BCUT2D eigenvalue weighted by molar-refractivity contribution is -0.137. The summed E-state index contributed by atoms with van der Waals surface area (Å²) >= 11 is 0. The van der Waals surface area contributed by atoms with Crippen molar-refractivity contribution in [2.45, 2.75) is 31.7 Å². The first-order valence-electron chi connectivity index (χ1n) is 6.84. The van der Waals surface area contributed by atoms with Gasteiger partial charge in [-0.3, -0.25) is 9.59 Å². The molecule has 0 radical (unpaired) electrons. The molecule has 0 saturated heterocycles. The number of aliphatic hydroxyl groups excluding tert-OH is 1. The average Bonchev–Trinajstić information content (AvgIpc) is 2.89. The van der Waals surface area contributed by atoms with Crippen molar-refractivity contribution in [3.8, 4) is 0 Å². The summed E-state index contributed by atoms with van der Waals surface area (Å²) in [5, 5.41) is 20.5. The van der Waals surface area contributed by atoms with Crippen molar-refractivity contribution >= 4 is 11.8 Å². The summed E-state index contributed by atoms with van der Waals surface area (Å²) in [7, 11) is 0. The Morgan fingerprint density at radius 3 is 2.70 bits per heavy atom. The van der Waals surface area contributed by atoms with Gasteiger partial charge in [-0.2, -0.15) is 0 Å². The van der Waals surface area contributed by atoms with Crippen molar-refractivity contribution in [2.75, 3.05) is 13.2 Å². The van der Waals surface area contributed by atoms with E-state index in [0.29, 0.717) is 5.56 Å². The summed E-state index contributed by atoms with van der Waals surface area (Å²) in [6.07, 6.45) is 2.85. The molecule has 0 heterocycles. The van der Waals surface area contributed by atoms with Crippen molar-refractivity contribution in [2.24, 2.45) is 0 Å². The van der Waals surface area contributed by atoms with Gasteiger partial charge < -0.3 is 15.5 Å². The van der Waals surface area contributed by atoms with Crippen LogP contribution in [0.1, 0.15) is 34.3 Å². The highest BCUT2D eigenvalue weighted by atomic mass is 16.4. The van der Waals surface area contributed by atoms with Gasteiger partial charge in [0.25, 0.3) is 0 Å². The topological polar surface area (TPSA) is 86.6 Å². The first-order chi connectivity index (χ1) is 9.61. The minimum atomic E-state index is -1.03. The van der Waals surface area contributed by atoms with E-state index in [-0.39, 0.29) is 25.4 Å². The van der Waals surface area contributed by atoms with E-state index >= 15 is 0 Å². The predicted octanol–water partition coefficient (Wildman–Crippen LogP) is 0.783. The third-order valence-corrected chi connectivity index (χ3v) is 3.58. The Labute approximate surface area is 117 Å². The normalized spacial score (nSPS) is 14.8. The van der Waals surface area contributed by atoms with E-state index in [4.69, 9.17) is 10.2 Å². The van der Waals surface area contributed by atoms with Crippen LogP contribution in [0.5, 0.6) is 0 Å². The third kappa shape index (κ3) is 3.43. The molecule has 108 valence electrons. The molecule has 1 aromatic rings. The maximum absolute atomic E-state index is 12.4. The lowest BCUT2D eigenvalue weighted by Crippen LogP contribution is -2.40. The van der Waals surface area contributed by atoms with Crippen LogP contribution in [-0.2, 0) is 17.6 Å². The van der Waals surface area contributed by atoms with E-state index in [9.17, 15) is 9.59 Å². The minimum Gasteiger partial charge on any atom is -0.481 e. The fourth-order valence-electron chi connectivity index (χ4n) is 2.60. The van der Waals surface area contributed by atoms with Gasteiger partial charge in [0.1, 0.15) is 0 Å². The van der Waals surface area contributed by atoms with Crippen LogP contribution in [0.15, 0.2) is 18.2 Å². The quantitative estimate of drug-likeness (QED) is 0.641. The maximum atomic E-state index is 12.4. The standard InChI is InChI=1S/C15H19NO4/c17-7-6-16-13(9-14(18)19)15(20)12-5-4-10-2-1-3-11(10)8-12/h4-5,8,13,16-17H,1-3,6-7,9H2,(H,18,19). The smallest absolute Gasteiger partial charge is 0.305 e. The van der Waals surface area contributed by atoms with Crippen LogP contribution in [0.25, 0.3) is 0 Å². The first-order valence-corrected chi connectivity index (χ1v) is 6.84. The highest BCUT2D eigenvalue weighted by Gasteiger charge is 2.23. The van der Waals surface area contributed by atoms with Gasteiger partial charge in [-0.1, -0.05) is 12.1 Å². The van der Waals surface area contributed by atoms with E-state index < -0.39 is 12.0 Å². The molecule has 3 N–H and O–H groups in total. The number of ketones is 1. The number of carboxylic acid groups (broad SMARTS) is 1. The van der Waals surface area contributed by atoms with E-state index in [0.717, 1.165) is 19.3 Å². The second kappa shape index (κ2) is 6.63. The molecular weight excluding hydrogens is 258 g/mol. The number of hydrogen-bond donors (Lipinski definition) is 3. The molecule has 0 spiro atoms. The summed E-state index contributed by atoms with van der Waals surface area (Å²) in [4.78, 5) is 23.2. The van der Waals surface area contributed by atoms with Gasteiger partial charge in [-0.05, 0) is 36.5 Å². The summed E-state index contributed by atoms with van der Waals surface area (Å²) in [5.41, 5.74) is 3.01. The van der Waals surface area contributed by atoms with E-state index in [1.807, 2.05) is 12.1 Å². The van der Waals surface area contributed by atoms with Gasteiger partial charge in [0, 0.05) is 12.1 Å². The second-order valence-corrected chi connectivity index (χ2v) is 5.03. The molecule has 1 aliphatic carbocycles. The molecule has 0 saturated carbocycles. The SMILES string of the molecule is O=C(O)CC(NCCO)C(=O)c1ccc2c(c1)CCC2. The number of rotatable bonds is 7. The molecule has 0 fully saturated rings. The monoisotopic (exact) mass is 277 g/mol. The number of carboxylic acids is 1. The third-order valence-electron chi connectivity index (χ3n) is 3.58. The predicted molar refractivity (Wildman–Crippen MR) is 73.9 cm³/mol. The van der Waals surface area contributed by atoms with E-state index in [1.54, 1.807) is 6.07 Å². The van der Waals surface area contributed by atoms with Gasteiger partial charge in [-0.25, -0.2) is 0 Å². The Balaban J connectivity index is 2.15. The molecule has 1 unspecified atom stereocenters. The highest BCUT2D eigenvalue weighted by Crippen LogP contribution is 2.23. The van der Waals surface area contributed by atoms with Crippen molar-refractivity contribution in [1.82, 2.24) is 5.32 Å². The number of benzene rings is 1. The molecule has 1 aromatic carbocycles. The van der Waals surface area contributed by atoms with Gasteiger partial charge in [0.2, 0.25) is 0 Å². The van der Waals surface area contributed by atoms with Crippen LogP contribution in [0.2, 0.25) is 0 Å². The van der Waals surface area contributed by atoms with Gasteiger partial charge >= 0.3 is 5.97 Å². The molecule has 20 heavy (non-hydrogen) atoms. The van der Waals surface area contributed by atoms with Crippen LogP contribution in [0.3, 0.4) is 0 Å². The summed E-state index contributed by atoms with van der Waals surface area (Å²) in [5.74, 6) is -1.26. The molecule has 5 heteroatoms. The number of nitrogens with one attached hydrogen (secondary N) is 1. The molecule has 1 aliphatic rings. The van der Waals surface area contributed by atoms with Crippen molar-refractivity contribution in [3.05, 3.63) is 34.9 Å². The number of aryl methyl sites for hydroxylation is 2. The van der Waals surface area contributed by atoms with Gasteiger partial charge in [0.15, 0.2) is 5.78 Å². The van der Waals surface area contributed by atoms with Crippen LogP contribution in [0, 0.1) is 0 Å². The average molecular weight is 277 g/mol. The number of fused-ring (bicyclic) bond motifs is 1. The Hall–Kier alpha value is -1.72. The minimum absolute atomic E-state index is 0.131. The van der Waals surface area contributed by atoms with Crippen molar-refractivity contribution in [3.63, 3.8) is 0 Å². The van der Waals surface area contributed by atoms with Crippen LogP contribution < -0.4 is 5.32 Å². The zero-order chi connectivity index (χ0) is 14.5. The number of aliphatic hydroxyl groups is 1. The summed E-state index contributed by atoms with van der Waals surface area (Å²) < 4.78 is 0. The Bertz CT molecular complexity index is 513. The second-order valence-electron chi connectivity index (χ2n) is 5.03. The molecule has 0 bridgehead atoms. The number of carbonyl (C=O) groups is 2. The molecule has 0 amide bonds. The number of carbonyl (C=O) groups excluding carboxylic acids is 1. The van der Waals surface area contributed by atoms with Gasteiger partial charge in [-0.15, -0.1) is 0 Å². The van der Waals surface area contributed by atoms with Crippen molar-refractivity contribution in [1.29, 1.82) is 0 Å². The maximum Gasteiger partial charge on any atom is 0.305 e. The summed E-state index contributed by atoms with van der Waals surface area (Å²) in [6, 6.07) is 4.81. The van der Waals surface area contributed by atoms with Crippen molar-refractivity contribution < 1.29 is 19.8 Å². The number of Topliss-reactive ketones (excluding diaryl/α,β-unsaturated/α-hetero) is 1. The van der Waals surface area contributed by atoms with Crippen LogP contribution >= 0.6 is 0 Å². The number of hydrogen-bond acceptors (Lipinski definition) is 4. The van der Waals surface area contributed by atoms with E-state index in [1.165, 1.54) is 11.1 Å². The zero-order valence-corrected chi connectivity index (χ0v) is 11.3. The first kappa shape index (κ1) is 14.7. The van der Waals surface area contributed by atoms with Crippen LogP contribution in [0.4, 0.5) is 0 Å². The van der Waals surface area contributed by atoms with Crippen LogP contribution in [-0.4, -0.2) is 41.2 Å². The Kier molecular flexibility index (Phi) is 4.87. The largest absolute Gasteiger partial charge is 0.481 e. The van der Waals surface area contributed by atoms with Gasteiger partial charge in [0.05, 0.1) is 19.1 Å². The Morgan fingerprint density at radius 1 is 1.25 bits per heavy atom. The highest BCUT2D eigenvalue weighted by molar-refractivity contribution is 6.02. The van der Waals surface area contributed by atoms with E-state index in [2.05, 4.69) is 5.32 Å². The molecule has 5 nitrogen and oxygen atoms in total. The fourth-order valence-corrected chi connectivity index (χ4v) is 2.60.